The van der Waals surface area contributed by atoms with Crippen LogP contribution in [0.25, 0.3) is 33.7 Å². The van der Waals surface area contributed by atoms with E-state index in [2.05, 4.69) is 4.98 Å². The second-order valence-electron chi connectivity index (χ2n) is 5.53. The Morgan fingerprint density at radius 2 is 1.68 bits per heavy atom. The van der Waals surface area contributed by atoms with Gasteiger partial charge in [0.1, 0.15) is 17.3 Å². The number of para-hydroxylation sites is 1. The molecule has 0 saturated carbocycles. The minimum atomic E-state index is -1.27. The largest absolute Gasteiger partial charge is 0.545 e. The van der Waals surface area contributed by atoms with E-state index in [1.165, 1.54) is 18.2 Å². The van der Waals surface area contributed by atoms with Gasteiger partial charge in [-0.25, -0.2) is 9.37 Å². The number of halogens is 1. The molecule has 4 aromatic rings. The molecule has 0 unspecified atom stereocenters. The van der Waals surface area contributed by atoms with Crippen LogP contribution in [-0.2, 0) is 0 Å². The van der Waals surface area contributed by atoms with Crippen LogP contribution in [0.5, 0.6) is 0 Å². The average molecular weight is 332 g/mol. The summed E-state index contributed by atoms with van der Waals surface area (Å²) in [5, 5.41) is 12.0. The fourth-order valence-electron chi connectivity index (χ4n) is 2.72. The Morgan fingerprint density at radius 1 is 0.960 bits per heavy atom. The van der Waals surface area contributed by atoms with E-state index in [0.717, 1.165) is 0 Å². The molecule has 0 atom stereocenters. The first-order valence-electron chi connectivity index (χ1n) is 7.59. The standard InChI is InChI=1S/C20H12FNO3/c21-13-7-5-12(6-8-13)18-9-10-19(25-18)17-11-15(20(23)24)14-3-1-2-4-16(14)22-17/h1-11H,(H,23,24)/p-1. The lowest BCUT2D eigenvalue weighted by atomic mass is 10.1. The summed E-state index contributed by atoms with van der Waals surface area (Å²) < 4.78 is 18.8. The number of hydrogen-bond acceptors (Lipinski definition) is 4. The second kappa shape index (κ2) is 5.87. The number of hydrogen-bond donors (Lipinski definition) is 0. The normalized spacial score (nSPS) is 10.9. The average Bonchev–Trinajstić information content (AvgIpc) is 3.11. The van der Waals surface area contributed by atoms with Crippen LogP contribution in [0.15, 0.2) is 71.1 Å². The van der Waals surface area contributed by atoms with Crippen LogP contribution in [-0.4, -0.2) is 11.0 Å². The summed E-state index contributed by atoms with van der Waals surface area (Å²) >= 11 is 0. The number of aromatic carboxylic acids is 1. The predicted molar refractivity (Wildman–Crippen MR) is 89.2 cm³/mol. The van der Waals surface area contributed by atoms with Crippen LogP contribution in [0, 0.1) is 5.82 Å². The van der Waals surface area contributed by atoms with Gasteiger partial charge in [0.2, 0.25) is 0 Å². The number of furan rings is 1. The molecule has 2 heterocycles. The van der Waals surface area contributed by atoms with Crippen LogP contribution >= 0.6 is 0 Å². The maximum absolute atomic E-state index is 13.0. The van der Waals surface area contributed by atoms with Crippen LogP contribution in [0.1, 0.15) is 10.4 Å². The Balaban J connectivity index is 1.82. The SMILES string of the molecule is O=C([O-])c1cc(-c2ccc(-c3ccc(F)cc3)o2)nc2ccccc12. The lowest BCUT2D eigenvalue weighted by Crippen LogP contribution is -2.22. The number of carbonyl (C=O) groups excluding carboxylic acids is 1. The number of nitrogens with zero attached hydrogens (tertiary/aromatic N) is 1. The summed E-state index contributed by atoms with van der Waals surface area (Å²) in [5.74, 6) is -0.636. The van der Waals surface area contributed by atoms with Crippen LogP contribution in [0.2, 0.25) is 0 Å². The van der Waals surface area contributed by atoms with E-state index in [1.54, 1.807) is 48.5 Å². The molecule has 0 aliphatic carbocycles. The van der Waals surface area contributed by atoms with Crippen molar-refractivity contribution in [2.75, 3.05) is 0 Å². The first-order valence-corrected chi connectivity index (χ1v) is 7.59. The molecule has 25 heavy (non-hydrogen) atoms. The van der Waals surface area contributed by atoms with Gasteiger partial charge in [-0.15, -0.1) is 0 Å². The molecular weight excluding hydrogens is 321 g/mol. The molecule has 0 amide bonds. The van der Waals surface area contributed by atoms with Gasteiger partial charge in [-0.2, -0.15) is 0 Å². The summed E-state index contributed by atoms with van der Waals surface area (Å²) in [6.45, 7) is 0. The molecule has 0 saturated heterocycles. The number of carbonyl (C=O) groups is 1. The van der Waals surface area contributed by atoms with Gasteiger partial charge in [0, 0.05) is 16.5 Å². The Bertz CT molecular complexity index is 1080. The molecule has 4 nitrogen and oxygen atoms in total. The number of carboxylic acid groups (broad SMARTS) is 1. The molecule has 0 bridgehead atoms. The molecule has 2 aromatic carbocycles. The molecule has 0 aliphatic rings. The van der Waals surface area contributed by atoms with Gasteiger partial charge in [-0.1, -0.05) is 18.2 Å². The van der Waals surface area contributed by atoms with Crippen LogP contribution in [0.3, 0.4) is 0 Å². The molecule has 4 rings (SSSR count). The van der Waals surface area contributed by atoms with E-state index in [0.29, 0.717) is 33.7 Å². The lowest BCUT2D eigenvalue weighted by molar-refractivity contribution is -0.254. The molecule has 0 radical (unpaired) electrons. The highest BCUT2D eigenvalue weighted by molar-refractivity contribution is 6.02. The summed E-state index contributed by atoms with van der Waals surface area (Å²) in [4.78, 5) is 15.9. The molecule has 2 aromatic heterocycles. The highest BCUT2D eigenvalue weighted by atomic mass is 19.1. The predicted octanol–water partition coefficient (Wildman–Crippen LogP) is 3.66. The van der Waals surface area contributed by atoms with Gasteiger partial charge in [-0.05, 0) is 48.5 Å². The Morgan fingerprint density at radius 3 is 2.44 bits per heavy atom. The van der Waals surface area contributed by atoms with Gasteiger partial charge in [0.25, 0.3) is 0 Å². The smallest absolute Gasteiger partial charge is 0.153 e. The third kappa shape index (κ3) is 2.76. The van der Waals surface area contributed by atoms with E-state index in [-0.39, 0.29) is 11.4 Å². The van der Waals surface area contributed by atoms with Crippen molar-refractivity contribution >= 4 is 16.9 Å². The summed E-state index contributed by atoms with van der Waals surface area (Å²) in [6.07, 6.45) is 0. The van der Waals surface area contributed by atoms with Gasteiger partial charge >= 0.3 is 0 Å². The van der Waals surface area contributed by atoms with Gasteiger partial charge in [-0.3, -0.25) is 0 Å². The van der Waals surface area contributed by atoms with Crippen molar-refractivity contribution in [2.24, 2.45) is 0 Å². The number of pyridine rings is 1. The lowest BCUT2D eigenvalue weighted by Gasteiger charge is -2.09. The minimum Gasteiger partial charge on any atom is -0.545 e. The highest BCUT2D eigenvalue weighted by Crippen LogP contribution is 2.30. The van der Waals surface area contributed by atoms with Crippen LogP contribution < -0.4 is 5.11 Å². The van der Waals surface area contributed by atoms with Crippen molar-refractivity contribution in [1.29, 1.82) is 0 Å². The number of fused-ring (bicyclic) bond motifs is 1. The van der Waals surface area contributed by atoms with Crippen molar-refractivity contribution in [3.63, 3.8) is 0 Å². The Labute approximate surface area is 142 Å². The Kier molecular flexibility index (Phi) is 3.54. The maximum Gasteiger partial charge on any atom is 0.153 e. The molecule has 0 aliphatic heterocycles. The van der Waals surface area contributed by atoms with Crippen molar-refractivity contribution in [3.8, 4) is 22.8 Å². The molecule has 0 N–H and O–H groups in total. The van der Waals surface area contributed by atoms with E-state index in [9.17, 15) is 14.3 Å². The summed E-state index contributed by atoms with van der Waals surface area (Å²) in [6, 6.07) is 17.7. The number of benzene rings is 2. The zero-order valence-electron chi connectivity index (χ0n) is 12.9. The zero-order chi connectivity index (χ0) is 17.4. The minimum absolute atomic E-state index is 0.0559. The first-order chi connectivity index (χ1) is 12.1. The summed E-state index contributed by atoms with van der Waals surface area (Å²) in [7, 11) is 0. The van der Waals surface area contributed by atoms with Crippen molar-refractivity contribution in [2.45, 2.75) is 0 Å². The Hall–Kier alpha value is -3.47. The second-order valence-corrected chi connectivity index (χ2v) is 5.53. The quantitative estimate of drug-likeness (QED) is 0.574. The topological polar surface area (TPSA) is 66.2 Å². The molecule has 122 valence electrons. The molecular formula is C20H11FNO3-. The van der Waals surface area contributed by atoms with Gasteiger partial charge < -0.3 is 14.3 Å². The van der Waals surface area contributed by atoms with E-state index >= 15 is 0 Å². The fraction of sp³-hybridized carbons (Fsp3) is 0. The van der Waals surface area contributed by atoms with Crippen molar-refractivity contribution in [1.82, 2.24) is 4.98 Å². The van der Waals surface area contributed by atoms with E-state index in [4.69, 9.17) is 4.42 Å². The molecule has 5 heteroatoms. The van der Waals surface area contributed by atoms with Gasteiger partial charge in [0.05, 0.1) is 11.5 Å². The van der Waals surface area contributed by atoms with Crippen LogP contribution in [0.4, 0.5) is 4.39 Å². The van der Waals surface area contributed by atoms with E-state index < -0.39 is 5.97 Å². The van der Waals surface area contributed by atoms with Crippen molar-refractivity contribution in [3.05, 3.63) is 78.1 Å². The fourth-order valence-corrected chi connectivity index (χ4v) is 2.72. The number of rotatable bonds is 3. The maximum atomic E-state index is 13.0. The van der Waals surface area contributed by atoms with Crippen molar-refractivity contribution < 1.29 is 18.7 Å². The highest BCUT2D eigenvalue weighted by Gasteiger charge is 2.12. The monoisotopic (exact) mass is 332 g/mol. The molecule has 0 fully saturated rings. The summed E-state index contributed by atoms with van der Waals surface area (Å²) in [5.41, 5.74) is 1.71. The van der Waals surface area contributed by atoms with Gasteiger partial charge in [0.15, 0.2) is 5.76 Å². The third-order valence-electron chi connectivity index (χ3n) is 3.92. The molecule has 0 spiro atoms. The zero-order valence-corrected chi connectivity index (χ0v) is 12.9. The number of aromatic nitrogens is 1. The van der Waals surface area contributed by atoms with E-state index in [1.807, 2.05) is 0 Å². The number of carboxylic acids is 1. The first kappa shape index (κ1) is 15.1. The third-order valence-corrected chi connectivity index (χ3v) is 3.92.